The maximum absolute atomic E-state index is 12.0. The highest BCUT2D eigenvalue weighted by Crippen LogP contribution is 2.09. The van der Waals surface area contributed by atoms with Crippen molar-refractivity contribution in [2.45, 2.75) is 40.0 Å². The Balaban J connectivity index is 2.51. The summed E-state index contributed by atoms with van der Waals surface area (Å²) in [7, 11) is -1.03. The number of ketones is 1. The number of Topliss-reactive ketones (excluding diaryl/α,β-unsaturated/α-hetero) is 1. The molecule has 0 heterocycles. The average Bonchev–Trinajstić information content (AvgIpc) is 2.37. The Labute approximate surface area is 119 Å². The van der Waals surface area contributed by atoms with E-state index in [1.54, 1.807) is 0 Å². The second-order valence-corrected chi connectivity index (χ2v) is 6.92. The van der Waals surface area contributed by atoms with Crippen molar-refractivity contribution in [3.63, 3.8) is 0 Å². The molecule has 1 unspecified atom stereocenters. The normalized spacial score (nSPS) is 12.6. The average molecular weight is 280 g/mol. The van der Waals surface area contributed by atoms with E-state index in [0.717, 1.165) is 19.3 Å². The first-order chi connectivity index (χ1) is 9.02. The van der Waals surface area contributed by atoms with Crippen LogP contribution < -0.4 is 0 Å². The number of benzene rings is 1. The van der Waals surface area contributed by atoms with Crippen molar-refractivity contribution in [1.82, 2.24) is 0 Å². The van der Waals surface area contributed by atoms with E-state index in [9.17, 15) is 9.00 Å². The number of rotatable bonds is 8. The molecular weight excluding hydrogens is 256 g/mol. The topological polar surface area (TPSA) is 34.1 Å². The molecule has 0 fully saturated rings. The van der Waals surface area contributed by atoms with E-state index in [0.29, 0.717) is 17.2 Å². The van der Waals surface area contributed by atoms with E-state index >= 15 is 0 Å². The summed E-state index contributed by atoms with van der Waals surface area (Å²) in [6, 6.07) is 7.70. The summed E-state index contributed by atoms with van der Waals surface area (Å²) in [5.74, 6) is 1.30. The lowest BCUT2D eigenvalue weighted by Crippen LogP contribution is -2.14. The summed E-state index contributed by atoms with van der Waals surface area (Å²) in [6.07, 6.45) is 3.05. The molecule has 1 rings (SSSR count). The lowest BCUT2D eigenvalue weighted by molar-refractivity contribution is 0.102. The zero-order chi connectivity index (χ0) is 14.3. The number of aryl methyl sites for hydroxylation is 1. The van der Waals surface area contributed by atoms with Crippen LogP contribution in [0.3, 0.4) is 0 Å². The van der Waals surface area contributed by atoms with Crippen LogP contribution in [-0.4, -0.2) is 21.5 Å². The summed E-state index contributed by atoms with van der Waals surface area (Å²) < 4.78 is 11.8. The molecule has 0 aliphatic carbocycles. The fraction of sp³-hybridized carbons (Fsp3) is 0.562. The van der Waals surface area contributed by atoms with Gasteiger partial charge in [0.15, 0.2) is 5.78 Å². The molecule has 19 heavy (non-hydrogen) atoms. The molecule has 0 aliphatic heterocycles. The van der Waals surface area contributed by atoms with Crippen LogP contribution in [-0.2, 0) is 17.2 Å². The van der Waals surface area contributed by atoms with Gasteiger partial charge in [-0.2, -0.15) is 0 Å². The van der Waals surface area contributed by atoms with E-state index in [4.69, 9.17) is 0 Å². The molecule has 2 nitrogen and oxygen atoms in total. The van der Waals surface area contributed by atoms with Crippen molar-refractivity contribution in [3.05, 3.63) is 35.4 Å². The van der Waals surface area contributed by atoms with Crippen LogP contribution in [0, 0.1) is 5.92 Å². The predicted octanol–water partition coefficient (Wildman–Crippen LogP) is 3.62. The van der Waals surface area contributed by atoms with Gasteiger partial charge in [0, 0.05) is 22.1 Å². The summed E-state index contributed by atoms with van der Waals surface area (Å²) in [4.78, 5) is 12.0. The maximum Gasteiger partial charge on any atom is 0.175 e. The smallest absolute Gasteiger partial charge is 0.175 e. The van der Waals surface area contributed by atoms with Gasteiger partial charge in [-0.3, -0.25) is 9.00 Å². The van der Waals surface area contributed by atoms with E-state index in [1.165, 1.54) is 5.56 Å². The van der Waals surface area contributed by atoms with Crippen molar-refractivity contribution < 1.29 is 9.00 Å². The maximum atomic E-state index is 12.0. The molecule has 1 aromatic rings. The van der Waals surface area contributed by atoms with Crippen LogP contribution in [0.5, 0.6) is 0 Å². The molecule has 0 spiro atoms. The molecule has 1 aromatic carbocycles. The van der Waals surface area contributed by atoms with Gasteiger partial charge in [-0.15, -0.1) is 0 Å². The molecule has 0 N–H and O–H groups in total. The molecular formula is C16H24O2S. The van der Waals surface area contributed by atoms with Crippen molar-refractivity contribution in [1.29, 1.82) is 0 Å². The quantitative estimate of drug-likeness (QED) is 0.682. The fourth-order valence-electron chi connectivity index (χ4n) is 1.81. The molecule has 0 aliphatic rings. The van der Waals surface area contributed by atoms with Crippen LogP contribution in [0.25, 0.3) is 0 Å². The third-order valence-corrected chi connectivity index (χ3v) is 4.30. The zero-order valence-electron chi connectivity index (χ0n) is 12.1. The second kappa shape index (κ2) is 8.26. The van der Waals surface area contributed by atoms with Gasteiger partial charge in [0.1, 0.15) is 0 Å². The van der Waals surface area contributed by atoms with Crippen molar-refractivity contribution >= 4 is 16.6 Å². The molecule has 0 saturated heterocycles. The monoisotopic (exact) mass is 280 g/mol. The number of hydrogen-bond donors (Lipinski definition) is 0. The van der Waals surface area contributed by atoms with Crippen LogP contribution >= 0.6 is 0 Å². The predicted molar refractivity (Wildman–Crippen MR) is 82.1 cm³/mol. The highest BCUT2D eigenvalue weighted by Gasteiger charge is 2.11. The minimum absolute atomic E-state index is 0.00913. The highest BCUT2D eigenvalue weighted by atomic mass is 32.2. The third-order valence-electron chi connectivity index (χ3n) is 3.03. The highest BCUT2D eigenvalue weighted by molar-refractivity contribution is 7.85. The Hall–Kier alpha value is -0.960. The largest absolute Gasteiger partial charge is 0.293 e. The van der Waals surface area contributed by atoms with Crippen LogP contribution in [0.15, 0.2) is 24.3 Å². The standard InChI is InChI=1S/C16H24O2S/c1-4-5-14-6-8-15(9-7-14)16(17)12-19(18)11-10-13(2)3/h6-9,13H,4-5,10-12H2,1-3H3. The molecule has 0 aromatic heterocycles. The Morgan fingerprint density at radius 1 is 1.21 bits per heavy atom. The van der Waals surface area contributed by atoms with Gasteiger partial charge in [-0.25, -0.2) is 0 Å². The second-order valence-electron chi connectivity index (χ2n) is 5.34. The van der Waals surface area contributed by atoms with E-state index in [2.05, 4.69) is 20.8 Å². The summed E-state index contributed by atoms with van der Waals surface area (Å²) >= 11 is 0. The molecule has 106 valence electrons. The summed E-state index contributed by atoms with van der Waals surface area (Å²) in [5.41, 5.74) is 1.93. The first-order valence-corrected chi connectivity index (χ1v) is 8.48. The van der Waals surface area contributed by atoms with Crippen molar-refractivity contribution in [2.24, 2.45) is 5.92 Å². The first-order valence-electron chi connectivity index (χ1n) is 7.00. The zero-order valence-corrected chi connectivity index (χ0v) is 13.0. The first kappa shape index (κ1) is 16.1. The number of hydrogen-bond acceptors (Lipinski definition) is 2. The lowest BCUT2D eigenvalue weighted by atomic mass is 10.1. The molecule has 0 radical (unpaired) electrons. The van der Waals surface area contributed by atoms with Crippen molar-refractivity contribution in [2.75, 3.05) is 11.5 Å². The van der Waals surface area contributed by atoms with Gasteiger partial charge in [-0.1, -0.05) is 51.5 Å². The van der Waals surface area contributed by atoms with Crippen LogP contribution in [0.1, 0.15) is 49.5 Å². The van der Waals surface area contributed by atoms with Gasteiger partial charge in [0.2, 0.25) is 0 Å². The Kier molecular flexibility index (Phi) is 7.00. The Bertz CT molecular complexity index is 421. The van der Waals surface area contributed by atoms with E-state index in [-0.39, 0.29) is 11.5 Å². The Morgan fingerprint density at radius 2 is 1.84 bits per heavy atom. The van der Waals surface area contributed by atoms with Gasteiger partial charge in [0.25, 0.3) is 0 Å². The SMILES string of the molecule is CCCc1ccc(C(=O)CS(=O)CCC(C)C)cc1. The van der Waals surface area contributed by atoms with Crippen molar-refractivity contribution in [3.8, 4) is 0 Å². The molecule has 0 saturated carbocycles. The molecule has 0 bridgehead atoms. The number of carbonyl (C=O) groups is 1. The number of carbonyl (C=O) groups excluding carboxylic acids is 1. The molecule has 1 atom stereocenters. The van der Waals surface area contributed by atoms with E-state index < -0.39 is 10.8 Å². The van der Waals surface area contributed by atoms with Crippen LogP contribution in [0.2, 0.25) is 0 Å². The molecule has 0 amide bonds. The lowest BCUT2D eigenvalue weighted by Gasteiger charge is -2.05. The minimum Gasteiger partial charge on any atom is -0.293 e. The molecule has 3 heteroatoms. The summed E-state index contributed by atoms with van der Waals surface area (Å²) in [6.45, 7) is 6.34. The minimum atomic E-state index is -1.03. The van der Waals surface area contributed by atoms with Gasteiger partial charge in [-0.05, 0) is 24.3 Å². The fourth-order valence-corrected chi connectivity index (χ4v) is 3.15. The Morgan fingerprint density at radius 3 is 2.37 bits per heavy atom. The van der Waals surface area contributed by atoms with Crippen LogP contribution in [0.4, 0.5) is 0 Å². The van der Waals surface area contributed by atoms with Gasteiger partial charge < -0.3 is 0 Å². The summed E-state index contributed by atoms with van der Waals surface area (Å²) in [5, 5.41) is 0. The van der Waals surface area contributed by atoms with Gasteiger partial charge in [0.05, 0.1) is 5.75 Å². The third kappa shape index (κ3) is 6.15. The van der Waals surface area contributed by atoms with E-state index in [1.807, 2.05) is 24.3 Å². The van der Waals surface area contributed by atoms with Gasteiger partial charge >= 0.3 is 0 Å².